The maximum atomic E-state index is 13.7. The van der Waals surface area contributed by atoms with Gasteiger partial charge < -0.3 is 0 Å². The predicted octanol–water partition coefficient (Wildman–Crippen LogP) is 7.31. The molecule has 124 valence electrons. The van der Waals surface area contributed by atoms with Gasteiger partial charge in [0.25, 0.3) is 0 Å². The van der Waals surface area contributed by atoms with Crippen molar-refractivity contribution in [1.82, 2.24) is 4.98 Å². The highest BCUT2D eigenvalue weighted by molar-refractivity contribution is 7.23. The highest BCUT2D eigenvalue weighted by atomic mass is 35.5. The van der Waals surface area contributed by atoms with Crippen LogP contribution in [-0.2, 0) is 0 Å². The van der Waals surface area contributed by atoms with Gasteiger partial charge in [-0.2, -0.15) is 0 Å². The van der Waals surface area contributed by atoms with Gasteiger partial charge >= 0.3 is 0 Å². The second-order valence-electron chi connectivity index (χ2n) is 5.68. The molecule has 5 heteroatoms. The van der Waals surface area contributed by atoms with E-state index in [9.17, 15) is 4.39 Å². The first-order valence-corrected chi connectivity index (χ1v) is 9.76. The van der Waals surface area contributed by atoms with Gasteiger partial charge in [-0.05, 0) is 42.1 Å². The molecule has 2 aromatic carbocycles. The van der Waals surface area contributed by atoms with Gasteiger partial charge in [-0.1, -0.05) is 41.9 Å². The second-order valence-corrected chi connectivity index (χ2v) is 7.99. The summed E-state index contributed by atoms with van der Waals surface area (Å²) >= 11 is 9.61. The van der Waals surface area contributed by atoms with Gasteiger partial charge in [-0.3, -0.25) is 0 Å². The van der Waals surface area contributed by atoms with E-state index in [0.29, 0.717) is 5.02 Å². The summed E-state index contributed by atoms with van der Waals surface area (Å²) in [5.41, 5.74) is 3.67. The van der Waals surface area contributed by atoms with E-state index in [0.717, 1.165) is 31.6 Å². The van der Waals surface area contributed by atoms with Crippen LogP contribution in [0.5, 0.6) is 0 Å². The van der Waals surface area contributed by atoms with Crippen molar-refractivity contribution in [2.45, 2.75) is 6.92 Å². The van der Waals surface area contributed by atoms with E-state index in [1.165, 1.54) is 17.7 Å². The molecule has 0 aliphatic rings. The van der Waals surface area contributed by atoms with E-state index in [1.807, 2.05) is 30.3 Å². The lowest BCUT2D eigenvalue weighted by Crippen LogP contribution is -1.83. The Balaban J connectivity index is 1.94. The predicted molar refractivity (Wildman–Crippen MR) is 106 cm³/mol. The first kappa shape index (κ1) is 16.5. The number of aromatic nitrogens is 1. The summed E-state index contributed by atoms with van der Waals surface area (Å²) in [6.45, 7) is 2.07. The molecule has 0 fully saturated rings. The zero-order chi connectivity index (χ0) is 17.4. The average molecular weight is 386 g/mol. The lowest BCUT2D eigenvalue weighted by atomic mass is 10.1. The molecule has 0 atom stereocenters. The zero-order valence-electron chi connectivity index (χ0n) is 13.3. The van der Waals surface area contributed by atoms with Crippen molar-refractivity contribution in [2.75, 3.05) is 0 Å². The molecule has 0 saturated heterocycles. The normalized spacial score (nSPS) is 11.0. The SMILES string of the molecule is Cc1csc(-c2sc(-c3ccccc3Cl)nc2-c2cccc(F)c2)c1. The van der Waals surface area contributed by atoms with Crippen molar-refractivity contribution in [3.05, 3.63) is 76.4 Å². The van der Waals surface area contributed by atoms with E-state index in [1.54, 1.807) is 28.7 Å². The number of hydrogen-bond acceptors (Lipinski definition) is 3. The number of benzene rings is 2. The molecule has 0 spiro atoms. The number of nitrogens with zero attached hydrogens (tertiary/aromatic N) is 1. The van der Waals surface area contributed by atoms with E-state index >= 15 is 0 Å². The molecule has 1 nitrogen and oxygen atoms in total. The minimum atomic E-state index is -0.266. The van der Waals surface area contributed by atoms with Crippen LogP contribution in [0.2, 0.25) is 5.02 Å². The summed E-state index contributed by atoms with van der Waals surface area (Å²) in [5.74, 6) is -0.266. The molecule has 0 N–H and O–H groups in total. The van der Waals surface area contributed by atoms with Crippen LogP contribution in [0, 0.1) is 12.7 Å². The fourth-order valence-electron chi connectivity index (χ4n) is 2.62. The molecule has 4 aromatic rings. The van der Waals surface area contributed by atoms with Crippen molar-refractivity contribution in [3.8, 4) is 31.6 Å². The Kier molecular flexibility index (Phi) is 4.42. The number of aryl methyl sites for hydroxylation is 1. The van der Waals surface area contributed by atoms with Crippen LogP contribution in [0.1, 0.15) is 5.56 Å². The number of thiophene rings is 1. The summed E-state index contributed by atoms with van der Waals surface area (Å²) in [7, 11) is 0. The molecule has 0 aliphatic heterocycles. The Bertz CT molecular complexity index is 1050. The Hall–Kier alpha value is -2.01. The number of rotatable bonds is 3. The smallest absolute Gasteiger partial charge is 0.126 e. The van der Waals surface area contributed by atoms with E-state index in [-0.39, 0.29) is 5.82 Å². The standard InChI is InChI=1S/C20H13ClFNS2/c1-12-9-17(24-11-12)19-18(13-5-4-6-14(22)10-13)23-20(25-19)15-7-2-3-8-16(15)21/h2-11H,1H3. The van der Waals surface area contributed by atoms with Crippen LogP contribution in [-0.4, -0.2) is 4.98 Å². The Morgan fingerprint density at radius 3 is 2.60 bits per heavy atom. The fourth-order valence-corrected chi connectivity index (χ4v) is 5.05. The molecule has 0 radical (unpaired) electrons. The fraction of sp³-hybridized carbons (Fsp3) is 0.0500. The Labute approximate surface area is 158 Å². The third-order valence-corrected chi connectivity index (χ3v) is 6.43. The Morgan fingerprint density at radius 1 is 1.04 bits per heavy atom. The molecule has 0 aliphatic carbocycles. The van der Waals surface area contributed by atoms with Crippen LogP contribution in [0.15, 0.2) is 60.0 Å². The van der Waals surface area contributed by atoms with Crippen molar-refractivity contribution < 1.29 is 4.39 Å². The molecule has 0 saturated carbocycles. The molecule has 25 heavy (non-hydrogen) atoms. The Morgan fingerprint density at radius 2 is 1.88 bits per heavy atom. The van der Waals surface area contributed by atoms with Crippen molar-refractivity contribution in [3.63, 3.8) is 0 Å². The van der Waals surface area contributed by atoms with Crippen LogP contribution >= 0.6 is 34.3 Å². The lowest BCUT2D eigenvalue weighted by Gasteiger charge is -2.01. The maximum absolute atomic E-state index is 13.7. The van der Waals surface area contributed by atoms with Crippen LogP contribution < -0.4 is 0 Å². The van der Waals surface area contributed by atoms with E-state index in [2.05, 4.69) is 18.4 Å². The van der Waals surface area contributed by atoms with Gasteiger partial charge in [-0.15, -0.1) is 22.7 Å². The van der Waals surface area contributed by atoms with Crippen molar-refractivity contribution in [2.24, 2.45) is 0 Å². The molecule has 0 bridgehead atoms. The lowest BCUT2D eigenvalue weighted by molar-refractivity contribution is 0.628. The van der Waals surface area contributed by atoms with Gasteiger partial charge in [-0.25, -0.2) is 9.37 Å². The van der Waals surface area contributed by atoms with Crippen molar-refractivity contribution in [1.29, 1.82) is 0 Å². The minimum Gasteiger partial charge on any atom is -0.235 e. The summed E-state index contributed by atoms with van der Waals surface area (Å²) in [5, 5.41) is 3.61. The maximum Gasteiger partial charge on any atom is 0.126 e. The van der Waals surface area contributed by atoms with Gasteiger partial charge in [0.2, 0.25) is 0 Å². The highest BCUT2D eigenvalue weighted by Gasteiger charge is 2.18. The molecule has 2 aromatic heterocycles. The molecule has 2 heterocycles. The second kappa shape index (κ2) is 6.71. The van der Waals surface area contributed by atoms with Gasteiger partial charge in [0.15, 0.2) is 0 Å². The number of hydrogen-bond donors (Lipinski definition) is 0. The highest BCUT2D eigenvalue weighted by Crippen LogP contribution is 2.44. The average Bonchev–Trinajstić information content (AvgIpc) is 3.21. The quantitative estimate of drug-likeness (QED) is 0.360. The summed E-state index contributed by atoms with van der Waals surface area (Å²) in [4.78, 5) is 6.98. The van der Waals surface area contributed by atoms with Crippen molar-refractivity contribution >= 4 is 34.3 Å². The van der Waals surface area contributed by atoms with Gasteiger partial charge in [0, 0.05) is 16.0 Å². The number of halogens is 2. The van der Waals surface area contributed by atoms with Crippen LogP contribution in [0.25, 0.3) is 31.6 Å². The summed E-state index contributed by atoms with van der Waals surface area (Å²) in [6.07, 6.45) is 0. The van der Waals surface area contributed by atoms with Crippen LogP contribution in [0.3, 0.4) is 0 Å². The summed E-state index contributed by atoms with van der Waals surface area (Å²) in [6, 6.07) is 16.4. The first-order chi connectivity index (χ1) is 12.1. The molecule has 0 unspecified atom stereocenters. The van der Waals surface area contributed by atoms with Gasteiger partial charge in [0.1, 0.15) is 10.8 Å². The molecule has 4 rings (SSSR count). The largest absolute Gasteiger partial charge is 0.235 e. The van der Waals surface area contributed by atoms with Gasteiger partial charge in [0.05, 0.1) is 15.6 Å². The monoisotopic (exact) mass is 385 g/mol. The minimum absolute atomic E-state index is 0.266. The third kappa shape index (κ3) is 3.25. The van der Waals surface area contributed by atoms with E-state index in [4.69, 9.17) is 16.6 Å². The summed E-state index contributed by atoms with van der Waals surface area (Å²) < 4.78 is 13.7. The third-order valence-electron chi connectivity index (χ3n) is 3.78. The first-order valence-electron chi connectivity index (χ1n) is 7.69. The zero-order valence-corrected chi connectivity index (χ0v) is 15.7. The molecule has 0 amide bonds. The topological polar surface area (TPSA) is 12.9 Å². The van der Waals surface area contributed by atoms with Crippen LogP contribution in [0.4, 0.5) is 4.39 Å². The molecular weight excluding hydrogens is 373 g/mol. The van der Waals surface area contributed by atoms with E-state index < -0.39 is 0 Å². The molecular formula is C20H13ClFNS2. The number of thiazole rings is 1.